The summed E-state index contributed by atoms with van der Waals surface area (Å²) in [7, 11) is 0. The van der Waals surface area contributed by atoms with E-state index in [1.807, 2.05) is 13.0 Å². The maximum Gasteiger partial charge on any atom is 0.330 e. The van der Waals surface area contributed by atoms with Gasteiger partial charge in [0.2, 0.25) is 0 Å². The van der Waals surface area contributed by atoms with Crippen LogP contribution in [0.3, 0.4) is 0 Å². The second-order valence-electron chi connectivity index (χ2n) is 3.07. The number of ether oxygens (including phenoxy) is 1. The average molecular weight is 184 g/mol. The van der Waals surface area contributed by atoms with E-state index in [1.54, 1.807) is 0 Å². The van der Waals surface area contributed by atoms with Gasteiger partial charge in [0.25, 0.3) is 0 Å². The highest BCUT2D eigenvalue weighted by atomic mass is 16.5. The van der Waals surface area contributed by atoms with Crippen molar-refractivity contribution in [1.82, 2.24) is 0 Å². The van der Waals surface area contributed by atoms with E-state index >= 15 is 0 Å². The molecule has 0 rings (SSSR count). The van der Waals surface area contributed by atoms with E-state index in [1.165, 1.54) is 18.9 Å². The fourth-order valence-electron chi connectivity index (χ4n) is 0.943. The number of unbranched alkanes of at least 4 members (excludes halogenated alkanes) is 3. The van der Waals surface area contributed by atoms with Crippen molar-refractivity contribution in [2.24, 2.45) is 0 Å². The van der Waals surface area contributed by atoms with Crippen molar-refractivity contribution < 1.29 is 9.53 Å². The van der Waals surface area contributed by atoms with E-state index in [0.717, 1.165) is 19.3 Å². The molecule has 76 valence electrons. The summed E-state index contributed by atoms with van der Waals surface area (Å²) in [5, 5.41) is 0. The van der Waals surface area contributed by atoms with E-state index in [9.17, 15) is 4.79 Å². The van der Waals surface area contributed by atoms with Crippen LogP contribution in [0.2, 0.25) is 0 Å². The zero-order valence-electron chi connectivity index (χ0n) is 8.71. The standard InChI is InChI=1S/C11H20O2/c1-3-5-6-7-8-9-11(12)13-10-4-2/h8-9H,3-7,10H2,1-2H3/b9-8-. The zero-order valence-corrected chi connectivity index (χ0v) is 8.71. The summed E-state index contributed by atoms with van der Waals surface area (Å²) in [6.45, 7) is 4.68. The fourth-order valence-corrected chi connectivity index (χ4v) is 0.943. The summed E-state index contributed by atoms with van der Waals surface area (Å²) in [5.41, 5.74) is 0. The Morgan fingerprint density at radius 3 is 2.62 bits per heavy atom. The number of hydrogen-bond acceptors (Lipinski definition) is 2. The second-order valence-corrected chi connectivity index (χ2v) is 3.07. The molecule has 0 aromatic heterocycles. The van der Waals surface area contributed by atoms with Gasteiger partial charge in [-0.05, 0) is 19.3 Å². The van der Waals surface area contributed by atoms with Gasteiger partial charge in [0, 0.05) is 6.08 Å². The molecule has 0 N–H and O–H groups in total. The van der Waals surface area contributed by atoms with Crippen molar-refractivity contribution in [3.8, 4) is 0 Å². The van der Waals surface area contributed by atoms with Crippen molar-refractivity contribution in [2.75, 3.05) is 6.61 Å². The topological polar surface area (TPSA) is 26.3 Å². The Morgan fingerprint density at radius 1 is 1.23 bits per heavy atom. The van der Waals surface area contributed by atoms with Gasteiger partial charge in [-0.1, -0.05) is 32.8 Å². The summed E-state index contributed by atoms with van der Waals surface area (Å²) < 4.78 is 4.87. The Morgan fingerprint density at radius 2 is 2.00 bits per heavy atom. The van der Waals surface area contributed by atoms with Crippen LogP contribution in [0, 0.1) is 0 Å². The first-order valence-corrected chi connectivity index (χ1v) is 5.14. The molecule has 0 aromatic rings. The first-order valence-electron chi connectivity index (χ1n) is 5.14. The lowest BCUT2D eigenvalue weighted by Crippen LogP contribution is -2.00. The molecule has 0 aliphatic heterocycles. The average Bonchev–Trinajstić information content (AvgIpc) is 2.14. The molecule has 0 amide bonds. The SMILES string of the molecule is CCCCC/C=C\C(=O)OCCC. The number of rotatable bonds is 7. The van der Waals surface area contributed by atoms with Crippen LogP contribution < -0.4 is 0 Å². The Kier molecular flexibility index (Phi) is 8.73. The Labute approximate surface area is 81.0 Å². The van der Waals surface area contributed by atoms with Crippen LogP contribution in [0.5, 0.6) is 0 Å². The number of hydrogen-bond donors (Lipinski definition) is 0. The van der Waals surface area contributed by atoms with E-state index < -0.39 is 0 Å². The largest absolute Gasteiger partial charge is 0.463 e. The van der Waals surface area contributed by atoms with Crippen molar-refractivity contribution in [2.45, 2.75) is 46.0 Å². The molecule has 0 heterocycles. The van der Waals surface area contributed by atoms with Gasteiger partial charge in [-0.2, -0.15) is 0 Å². The normalized spacial score (nSPS) is 10.6. The minimum Gasteiger partial charge on any atom is -0.463 e. The lowest BCUT2D eigenvalue weighted by atomic mass is 10.2. The minimum absolute atomic E-state index is 0.210. The van der Waals surface area contributed by atoms with Gasteiger partial charge in [0.1, 0.15) is 0 Å². The van der Waals surface area contributed by atoms with Crippen molar-refractivity contribution >= 4 is 5.97 Å². The summed E-state index contributed by atoms with van der Waals surface area (Å²) in [6.07, 6.45) is 8.90. The molecule has 0 saturated heterocycles. The molecule has 2 nitrogen and oxygen atoms in total. The van der Waals surface area contributed by atoms with Gasteiger partial charge in [0.15, 0.2) is 0 Å². The highest BCUT2D eigenvalue weighted by molar-refractivity contribution is 5.81. The van der Waals surface area contributed by atoms with Crippen molar-refractivity contribution in [1.29, 1.82) is 0 Å². The minimum atomic E-state index is -0.210. The lowest BCUT2D eigenvalue weighted by molar-refractivity contribution is -0.137. The number of carbonyl (C=O) groups is 1. The van der Waals surface area contributed by atoms with Gasteiger partial charge in [-0.3, -0.25) is 0 Å². The Balaban J connectivity index is 3.31. The third-order valence-corrected chi connectivity index (χ3v) is 1.68. The molecule has 0 atom stereocenters. The molecule has 0 spiro atoms. The smallest absolute Gasteiger partial charge is 0.330 e. The maximum atomic E-state index is 10.9. The van der Waals surface area contributed by atoms with Gasteiger partial charge in [0.05, 0.1) is 6.61 Å². The first-order chi connectivity index (χ1) is 6.31. The molecule has 0 aliphatic rings. The zero-order chi connectivity index (χ0) is 9.94. The fraction of sp³-hybridized carbons (Fsp3) is 0.727. The molecule has 0 saturated carbocycles. The van der Waals surface area contributed by atoms with Crippen LogP contribution >= 0.6 is 0 Å². The summed E-state index contributed by atoms with van der Waals surface area (Å²) in [4.78, 5) is 10.9. The van der Waals surface area contributed by atoms with Crippen LogP contribution in [0.25, 0.3) is 0 Å². The van der Waals surface area contributed by atoms with Crippen molar-refractivity contribution in [3.63, 3.8) is 0 Å². The molecule has 13 heavy (non-hydrogen) atoms. The molecule has 0 radical (unpaired) electrons. The summed E-state index contributed by atoms with van der Waals surface area (Å²) in [5.74, 6) is -0.210. The molecule has 0 unspecified atom stereocenters. The van der Waals surface area contributed by atoms with Crippen LogP contribution in [-0.2, 0) is 9.53 Å². The van der Waals surface area contributed by atoms with E-state index in [4.69, 9.17) is 4.74 Å². The molecule has 0 aromatic carbocycles. The number of carbonyl (C=O) groups excluding carboxylic acids is 1. The van der Waals surface area contributed by atoms with Gasteiger partial charge >= 0.3 is 5.97 Å². The third-order valence-electron chi connectivity index (χ3n) is 1.68. The molecule has 0 aliphatic carbocycles. The number of esters is 1. The number of allylic oxidation sites excluding steroid dienone is 1. The predicted molar refractivity (Wildman–Crippen MR) is 54.5 cm³/mol. The highest BCUT2D eigenvalue weighted by Gasteiger charge is 1.93. The van der Waals surface area contributed by atoms with E-state index in [0.29, 0.717) is 6.61 Å². The molecule has 0 bridgehead atoms. The van der Waals surface area contributed by atoms with Crippen LogP contribution in [0.1, 0.15) is 46.0 Å². The third kappa shape index (κ3) is 9.12. The summed E-state index contributed by atoms with van der Waals surface area (Å²) in [6, 6.07) is 0. The first kappa shape index (κ1) is 12.2. The van der Waals surface area contributed by atoms with Crippen LogP contribution in [-0.4, -0.2) is 12.6 Å². The van der Waals surface area contributed by atoms with Crippen LogP contribution in [0.4, 0.5) is 0 Å². The van der Waals surface area contributed by atoms with E-state index in [2.05, 4.69) is 6.92 Å². The molecule has 2 heteroatoms. The Bertz CT molecular complexity index is 150. The molecule has 0 fully saturated rings. The van der Waals surface area contributed by atoms with Crippen molar-refractivity contribution in [3.05, 3.63) is 12.2 Å². The Hall–Kier alpha value is -0.790. The lowest BCUT2D eigenvalue weighted by Gasteiger charge is -1.97. The van der Waals surface area contributed by atoms with Crippen LogP contribution in [0.15, 0.2) is 12.2 Å². The van der Waals surface area contributed by atoms with Gasteiger partial charge in [-0.15, -0.1) is 0 Å². The monoisotopic (exact) mass is 184 g/mol. The highest BCUT2D eigenvalue weighted by Crippen LogP contribution is 1.99. The molecular formula is C11H20O2. The van der Waals surface area contributed by atoms with Gasteiger partial charge < -0.3 is 4.74 Å². The maximum absolute atomic E-state index is 10.9. The predicted octanol–water partition coefficient (Wildman–Crippen LogP) is 3.08. The quantitative estimate of drug-likeness (QED) is 0.345. The molecular weight excluding hydrogens is 164 g/mol. The summed E-state index contributed by atoms with van der Waals surface area (Å²) >= 11 is 0. The van der Waals surface area contributed by atoms with Gasteiger partial charge in [-0.25, -0.2) is 4.79 Å². The van der Waals surface area contributed by atoms with E-state index in [-0.39, 0.29) is 5.97 Å². The second kappa shape index (κ2) is 9.30.